The van der Waals surface area contributed by atoms with Crippen molar-refractivity contribution in [1.29, 1.82) is 0 Å². The number of aliphatic carboxylic acids is 1. The summed E-state index contributed by atoms with van der Waals surface area (Å²) in [5.74, 6) is -0.677. The molecule has 0 aliphatic carbocycles. The van der Waals surface area contributed by atoms with Crippen molar-refractivity contribution in [3.63, 3.8) is 0 Å². The topological polar surface area (TPSA) is 71.2 Å². The molecule has 1 aliphatic heterocycles. The molecule has 1 aromatic heterocycles. The molecule has 2 unspecified atom stereocenters. The summed E-state index contributed by atoms with van der Waals surface area (Å²) in [5.41, 5.74) is 1.78. The molecule has 1 saturated heterocycles. The van der Waals surface area contributed by atoms with E-state index in [9.17, 15) is 9.18 Å². The Bertz CT molecular complexity index is 718. The van der Waals surface area contributed by atoms with Gasteiger partial charge in [-0.15, -0.1) is 5.10 Å². The van der Waals surface area contributed by atoms with Crippen LogP contribution < -0.4 is 0 Å². The third-order valence-corrected chi connectivity index (χ3v) is 4.53. The zero-order valence-corrected chi connectivity index (χ0v) is 13.6. The van der Waals surface area contributed by atoms with Crippen LogP contribution in [0.4, 0.5) is 4.39 Å². The van der Waals surface area contributed by atoms with Gasteiger partial charge in [0.05, 0.1) is 5.69 Å². The van der Waals surface area contributed by atoms with Crippen molar-refractivity contribution in [1.82, 2.24) is 19.9 Å². The van der Waals surface area contributed by atoms with E-state index in [-0.39, 0.29) is 18.4 Å². The minimum atomic E-state index is -0.939. The average molecular weight is 332 g/mol. The van der Waals surface area contributed by atoms with Gasteiger partial charge in [0.25, 0.3) is 0 Å². The Morgan fingerprint density at radius 3 is 3.04 bits per heavy atom. The van der Waals surface area contributed by atoms with E-state index in [0.717, 1.165) is 30.8 Å². The van der Waals surface area contributed by atoms with E-state index in [2.05, 4.69) is 22.1 Å². The molecule has 1 aliphatic rings. The molecule has 0 bridgehead atoms. The number of likely N-dealkylation sites (tertiary alicyclic amines) is 1. The number of halogens is 1. The van der Waals surface area contributed by atoms with Crippen LogP contribution in [0.15, 0.2) is 30.5 Å². The van der Waals surface area contributed by atoms with Crippen molar-refractivity contribution < 1.29 is 14.3 Å². The standard InChI is InChI=1S/C17H21FN4O2/c1-12-5-7-21(17(12)13-3-2-4-14(18)9-13)8-6-15-10-22(20-19-15)11-16(23)24/h2-4,9-10,12,17H,5-8,11H2,1H3,(H,23,24). The van der Waals surface area contributed by atoms with Gasteiger partial charge in [-0.25, -0.2) is 9.07 Å². The lowest BCUT2D eigenvalue weighted by atomic mass is 9.95. The summed E-state index contributed by atoms with van der Waals surface area (Å²) in [5, 5.41) is 16.6. The number of aromatic nitrogens is 3. The van der Waals surface area contributed by atoms with Gasteiger partial charge in [0.2, 0.25) is 0 Å². The minimum absolute atomic E-state index is 0.181. The normalized spacial score (nSPS) is 21.2. The molecule has 1 N–H and O–H groups in total. The molecule has 0 saturated carbocycles. The summed E-state index contributed by atoms with van der Waals surface area (Å²) < 4.78 is 14.9. The van der Waals surface area contributed by atoms with Crippen LogP contribution in [0.25, 0.3) is 0 Å². The van der Waals surface area contributed by atoms with E-state index in [1.807, 2.05) is 6.07 Å². The van der Waals surface area contributed by atoms with Crippen molar-refractivity contribution in [2.75, 3.05) is 13.1 Å². The molecule has 128 valence electrons. The molecular weight excluding hydrogens is 311 g/mol. The first-order valence-corrected chi connectivity index (χ1v) is 8.13. The highest BCUT2D eigenvalue weighted by atomic mass is 19.1. The molecule has 2 heterocycles. The maximum atomic E-state index is 13.5. The van der Waals surface area contributed by atoms with Crippen LogP contribution in [-0.4, -0.2) is 44.1 Å². The summed E-state index contributed by atoms with van der Waals surface area (Å²) in [6.45, 7) is 3.77. The first kappa shape index (κ1) is 16.6. The number of hydrogen-bond donors (Lipinski definition) is 1. The van der Waals surface area contributed by atoms with Gasteiger partial charge in [-0.3, -0.25) is 9.69 Å². The minimum Gasteiger partial charge on any atom is -0.480 e. The summed E-state index contributed by atoms with van der Waals surface area (Å²) in [6.07, 6.45) is 3.44. The first-order chi connectivity index (χ1) is 11.5. The predicted molar refractivity (Wildman–Crippen MR) is 85.9 cm³/mol. The van der Waals surface area contributed by atoms with E-state index < -0.39 is 5.97 Å². The Morgan fingerprint density at radius 1 is 1.46 bits per heavy atom. The van der Waals surface area contributed by atoms with E-state index >= 15 is 0 Å². The van der Waals surface area contributed by atoms with Crippen molar-refractivity contribution in [2.24, 2.45) is 5.92 Å². The van der Waals surface area contributed by atoms with E-state index in [1.165, 1.54) is 10.7 Å². The molecule has 6 nitrogen and oxygen atoms in total. The summed E-state index contributed by atoms with van der Waals surface area (Å²) in [4.78, 5) is 13.0. The Hall–Kier alpha value is -2.28. The van der Waals surface area contributed by atoms with Crippen molar-refractivity contribution in [3.8, 4) is 0 Å². The quantitative estimate of drug-likeness (QED) is 0.877. The second-order valence-corrected chi connectivity index (χ2v) is 6.35. The van der Waals surface area contributed by atoms with Gasteiger partial charge in [0.15, 0.2) is 0 Å². The number of carboxylic acid groups (broad SMARTS) is 1. The van der Waals surface area contributed by atoms with Gasteiger partial charge in [0.1, 0.15) is 12.4 Å². The number of rotatable bonds is 6. The molecule has 2 atom stereocenters. The fourth-order valence-corrected chi connectivity index (χ4v) is 3.43. The highest BCUT2D eigenvalue weighted by Crippen LogP contribution is 2.36. The number of nitrogens with zero attached hydrogens (tertiary/aromatic N) is 4. The van der Waals surface area contributed by atoms with Crippen molar-refractivity contribution >= 4 is 5.97 Å². The van der Waals surface area contributed by atoms with E-state index in [4.69, 9.17) is 5.11 Å². The number of carboxylic acids is 1. The second kappa shape index (κ2) is 7.09. The predicted octanol–water partition coefficient (Wildman–Crippen LogP) is 2.13. The van der Waals surface area contributed by atoms with Gasteiger partial charge in [-0.2, -0.15) is 0 Å². The van der Waals surface area contributed by atoms with Crippen LogP contribution in [0, 0.1) is 11.7 Å². The molecule has 2 aromatic rings. The largest absolute Gasteiger partial charge is 0.480 e. The average Bonchev–Trinajstić information content (AvgIpc) is 3.11. The zero-order chi connectivity index (χ0) is 17.1. The molecular formula is C17H21FN4O2. The third kappa shape index (κ3) is 3.79. The van der Waals surface area contributed by atoms with Gasteiger partial charge < -0.3 is 5.11 Å². The van der Waals surface area contributed by atoms with Crippen molar-refractivity contribution in [3.05, 3.63) is 47.5 Å². The third-order valence-electron chi connectivity index (χ3n) is 4.53. The van der Waals surface area contributed by atoms with Crippen molar-refractivity contribution in [2.45, 2.75) is 32.4 Å². The Morgan fingerprint density at radius 2 is 2.29 bits per heavy atom. The molecule has 0 amide bonds. The van der Waals surface area contributed by atoms with Crippen LogP contribution in [-0.2, 0) is 17.8 Å². The lowest BCUT2D eigenvalue weighted by Crippen LogP contribution is -2.27. The number of benzene rings is 1. The van der Waals surface area contributed by atoms with E-state index in [1.54, 1.807) is 18.3 Å². The molecule has 1 aromatic carbocycles. The lowest BCUT2D eigenvalue weighted by Gasteiger charge is -2.27. The molecule has 1 fully saturated rings. The highest BCUT2D eigenvalue weighted by molar-refractivity contribution is 5.66. The van der Waals surface area contributed by atoms with Gasteiger partial charge >= 0.3 is 5.97 Å². The maximum absolute atomic E-state index is 13.5. The summed E-state index contributed by atoms with van der Waals surface area (Å²) in [7, 11) is 0. The summed E-state index contributed by atoms with van der Waals surface area (Å²) in [6, 6.07) is 7.02. The monoisotopic (exact) mass is 332 g/mol. The lowest BCUT2D eigenvalue weighted by molar-refractivity contribution is -0.137. The first-order valence-electron chi connectivity index (χ1n) is 8.13. The molecule has 3 rings (SSSR count). The SMILES string of the molecule is CC1CCN(CCc2cn(CC(=O)O)nn2)C1c1cccc(F)c1. The molecule has 7 heteroatoms. The Labute approximate surface area is 139 Å². The molecule has 0 spiro atoms. The van der Waals surface area contributed by atoms with Crippen LogP contribution in [0.3, 0.4) is 0 Å². The van der Waals surface area contributed by atoms with Crippen LogP contribution in [0.2, 0.25) is 0 Å². The number of hydrogen-bond acceptors (Lipinski definition) is 4. The zero-order valence-electron chi connectivity index (χ0n) is 13.6. The summed E-state index contributed by atoms with van der Waals surface area (Å²) >= 11 is 0. The Kier molecular flexibility index (Phi) is 4.89. The Balaban J connectivity index is 1.65. The maximum Gasteiger partial charge on any atom is 0.325 e. The second-order valence-electron chi connectivity index (χ2n) is 6.35. The highest BCUT2D eigenvalue weighted by Gasteiger charge is 2.32. The smallest absolute Gasteiger partial charge is 0.325 e. The van der Waals surface area contributed by atoms with Crippen LogP contribution in [0.1, 0.15) is 30.6 Å². The van der Waals surface area contributed by atoms with Gasteiger partial charge in [-0.05, 0) is 36.6 Å². The van der Waals surface area contributed by atoms with Gasteiger partial charge in [0, 0.05) is 25.2 Å². The van der Waals surface area contributed by atoms with E-state index in [0.29, 0.717) is 12.3 Å². The van der Waals surface area contributed by atoms with Gasteiger partial charge in [-0.1, -0.05) is 24.3 Å². The van der Waals surface area contributed by atoms with Crippen LogP contribution >= 0.6 is 0 Å². The fourth-order valence-electron chi connectivity index (χ4n) is 3.43. The fraction of sp³-hybridized carbons (Fsp3) is 0.471. The molecule has 24 heavy (non-hydrogen) atoms. The number of carbonyl (C=O) groups is 1. The van der Waals surface area contributed by atoms with Crippen LogP contribution in [0.5, 0.6) is 0 Å². The molecule has 0 radical (unpaired) electrons.